The van der Waals surface area contributed by atoms with Gasteiger partial charge < -0.3 is 14.6 Å². The Hall–Kier alpha value is -3.39. The van der Waals surface area contributed by atoms with E-state index in [0.29, 0.717) is 27.7 Å². The molecule has 1 aliphatic heterocycles. The average molecular weight is 413 g/mol. The Balaban J connectivity index is 1.55. The van der Waals surface area contributed by atoms with Crippen LogP contribution in [0.3, 0.4) is 0 Å². The lowest BCUT2D eigenvalue weighted by Crippen LogP contribution is -2.40. The van der Waals surface area contributed by atoms with Gasteiger partial charge in [-0.25, -0.2) is 4.79 Å². The third-order valence-corrected chi connectivity index (χ3v) is 5.04. The van der Waals surface area contributed by atoms with Crippen molar-refractivity contribution in [3.63, 3.8) is 0 Å². The van der Waals surface area contributed by atoms with Crippen LogP contribution in [0.2, 0.25) is 5.02 Å². The van der Waals surface area contributed by atoms with E-state index in [1.54, 1.807) is 56.5 Å². The van der Waals surface area contributed by atoms with Crippen LogP contribution in [0.25, 0.3) is 11.4 Å². The lowest BCUT2D eigenvalue weighted by molar-refractivity contribution is -0.131. The zero-order valence-electron chi connectivity index (χ0n) is 15.7. The molecule has 3 aromatic rings. The van der Waals surface area contributed by atoms with Gasteiger partial charge in [0.15, 0.2) is 0 Å². The summed E-state index contributed by atoms with van der Waals surface area (Å²) in [5, 5.41) is 7.20. The van der Waals surface area contributed by atoms with Gasteiger partial charge in [-0.2, -0.15) is 4.98 Å². The fraction of sp³-hybridized carbons (Fsp3) is 0.200. The number of carbonyl (C=O) groups is 2. The van der Waals surface area contributed by atoms with Crippen molar-refractivity contribution in [3.8, 4) is 17.1 Å². The molecule has 9 heteroatoms. The van der Waals surface area contributed by atoms with Gasteiger partial charge in [0.25, 0.3) is 5.91 Å². The van der Waals surface area contributed by atoms with Crippen molar-refractivity contribution in [3.05, 3.63) is 65.0 Å². The van der Waals surface area contributed by atoms with Gasteiger partial charge in [0, 0.05) is 10.6 Å². The molecule has 8 nitrogen and oxygen atoms in total. The number of rotatable bonds is 5. The second-order valence-electron chi connectivity index (χ2n) is 6.70. The fourth-order valence-electron chi connectivity index (χ4n) is 3.15. The molecule has 1 unspecified atom stereocenters. The summed E-state index contributed by atoms with van der Waals surface area (Å²) >= 11 is 5.92. The number of aromatic nitrogens is 2. The maximum Gasteiger partial charge on any atom is 0.325 e. The van der Waals surface area contributed by atoms with Crippen LogP contribution in [0.1, 0.15) is 18.4 Å². The van der Waals surface area contributed by atoms with E-state index in [2.05, 4.69) is 15.5 Å². The van der Waals surface area contributed by atoms with E-state index in [1.807, 2.05) is 6.07 Å². The number of nitrogens with one attached hydrogen (secondary N) is 1. The molecule has 3 amide bonds. The lowest BCUT2D eigenvalue weighted by atomic mass is 9.92. The molecule has 2 heterocycles. The highest BCUT2D eigenvalue weighted by Gasteiger charge is 2.49. The topological polar surface area (TPSA) is 97.6 Å². The number of ether oxygens (including phenoxy) is 1. The van der Waals surface area contributed by atoms with E-state index >= 15 is 0 Å². The minimum absolute atomic E-state index is 0.134. The number of amides is 3. The predicted octanol–water partition coefficient (Wildman–Crippen LogP) is 3.37. The average Bonchev–Trinajstić information content (AvgIpc) is 3.28. The minimum atomic E-state index is -1.20. The molecular formula is C20H17ClN4O4. The second kappa shape index (κ2) is 7.21. The Morgan fingerprint density at radius 1 is 1.21 bits per heavy atom. The monoisotopic (exact) mass is 412 g/mol. The maximum atomic E-state index is 13.0. The Bertz CT molecular complexity index is 1080. The van der Waals surface area contributed by atoms with E-state index < -0.39 is 17.5 Å². The highest BCUT2D eigenvalue weighted by atomic mass is 35.5. The van der Waals surface area contributed by atoms with Gasteiger partial charge in [-0.15, -0.1) is 0 Å². The number of nitrogens with zero attached hydrogens (tertiary/aromatic N) is 3. The van der Waals surface area contributed by atoms with Gasteiger partial charge in [-0.3, -0.25) is 9.69 Å². The van der Waals surface area contributed by atoms with Crippen molar-refractivity contribution in [2.45, 2.75) is 19.0 Å². The van der Waals surface area contributed by atoms with Gasteiger partial charge in [-0.05, 0) is 36.8 Å². The number of benzene rings is 2. The third-order valence-electron chi connectivity index (χ3n) is 4.79. The first kappa shape index (κ1) is 18.9. The molecule has 0 radical (unpaired) electrons. The molecular weight excluding hydrogens is 396 g/mol. The third kappa shape index (κ3) is 3.42. The summed E-state index contributed by atoms with van der Waals surface area (Å²) in [6.45, 7) is 1.51. The van der Waals surface area contributed by atoms with Gasteiger partial charge in [-0.1, -0.05) is 41.0 Å². The molecule has 1 N–H and O–H groups in total. The molecule has 29 heavy (non-hydrogen) atoms. The van der Waals surface area contributed by atoms with Crippen LogP contribution in [0, 0.1) is 0 Å². The summed E-state index contributed by atoms with van der Waals surface area (Å²) in [7, 11) is 1.57. The quantitative estimate of drug-likeness (QED) is 0.645. The van der Waals surface area contributed by atoms with Crippen LogP contribution in [0.5, 0.6) is 5.75 Å². The highest BCUT2D eigenvalue weighted by molar-refractivity contribution is 6.30. The number of hydrogen-bond acceptors (Lipinski definition) is 6. The molecule has 1 saturated heterocycles. The molecule has 0 saturated carbocycles. The molecule has 1 aromatic heterocycles. The van der Waals surface area contributed by atoms with Gasteiger partial charge in [0.2, 0.25) is 11.7 Å². The van der Waals surface area contributed by atoms with Crippen LogP contribution in [0.4, 0.5) is 4.79 Å². The summed E-state index contributed by atoms with van der Waals surface area (Å²) in [4.78, 5) is 30.8. The number of carbonyl (C=O) groups excluding carboxylic acids is 2. The standard InChI is InChI=1S/C20H17ClN4O4/c1-20(13-6-8-14(21)9-7-13)18(26)25(19(27)23-20)11-16-22-17(24-29-16)12-4-3-5-15(10-12)28-2/h3-10H,11H2,1-2H3,(H,23,27). The fourth-order valence-corrected chi connectivity index (χ4v) is 3.28. The molecule has 1 atom stereocenters. The summed E-state index contributed by atoms with van der Waals surface area (Å²) in [5.41, 5.74) is 0.130. The Morgan fingerprint density at radius 3 is 2.69 bits per heavy atom. The number of methoxy groups -OCH3 is 1. The molecule has 4 rings (SSSR count). The first-order chi connectivity index (χ1) is 13.9. The van der Waals surface area contributed by atoms with E-state index in [0.717, 1.165) is 4.90 Å². The zero-order chi connectivity index (χ0) is 20.6. The Kier molecular flexibility index (Phi) is 4.71. The van der Waals surface area contributed by atoms with Crippen molar-refractivity contribution in [1.29, 1.82) is 0 Å². The van der Waals surface area contributed by atoms with Gasteiger partial charge in [0.1, 0.15) is 17.8 Å². The summed E-state index contributed by atoms with van der Waals surface area (Å²) in [5.74, 6) is 0.728. The number of urea groups is 1. The van der Waals surface area contributed by atoms with Crippen LogP contribution >= 0.6 is 11.6 Å². The highest BCUT2D eigenvalue weighted by Crippen LogP contribution is 2.30. The van der Waals surface area contributed by atoms with Crippen LogP contribution in [-0.2, 0) is 16.9 Å². The first-order valence-electron chi connectivity index (χ1n) is 8.78. The van der Waals surface area contributed by atoms with E-state index in [-0.39, 0.29) is 12.4 Å². The molecule has 0 bridgehead atoms. The van der Waals surface area contributed by atoms with Crippen molar-refractivity contribution in [2.24, 2.45) is 0 Å². The van der Waals surface area contributed by atoms with Crippen molar-refractivity contribution >= 4 is 23.5 Å². The molecule has 0 aliphatic carbocycles. The van der Waals surface area contributed by atoms with Crippen molar-refractivity contribution in [2.75, 3.05) is 7.11 Å². The minimum Gasteiger partial charge on any atom is -0.497 e. The summed E-state index contributed by atoms with van der Waals surface area (Å²) < 4.78 is 10.4. The van der Waals surface area contributed by atoms with Crippen LogP contribution < -0.4 is 10.1 Å². The molecule has 2 aromatic carbocycles. The number of halogens is 1. The summed E-state index contributed by atoms with van der Waals surface area (Å²) in [6.07, 6.45) is 0. The van der Waals surface area contributed by atoms with Crippen molar-refractivity contribution < 1.29 is 18.8 Å². The number of imide groups is 1. The maximum absolute atomic E-state index is 13.0. The first-order valence-corrected chi connectivity index (χ1v) is 9.15. The SMILES string of the molecule is COc1cccc(-c2noc(CN3C(=O)NC(C)(c4ccc(Cl)cc4)C3=O)n2)c1. The predicted molar refractivity (Wildman–Crippen MR) is 104 cm³/mol. The molecule has 0 spiro atoms. The van der Waals surface area contributed by atoms with E-state index in [4.69, 9.17) is 20.9 Å². The van der Waals surface area contributed by atoms with Crippen molar-refractivity contribution in [1.82, 2.24) is 20.4 Å². The molecule has 1 fully saturated rings. The Labute approximate surface area is 171 Å². The largest absolute Gasteiger partial charge is 0.497 e. The molecule has 148 valence electrons. The summed E-state index contributed by atoms with van der Waals surface area (Å²) in [6, 6.07) is 13.4. The Morgan fingerprint density at radius 2 is 1.97 bits per heavy atom. The van der Waals surface area contributed by atoms with Gasteiger partial charge >= 0.3 is 6.03 Å². The second-order valence-corrected chi connectivity index (χ2v) is 7.13. The lowest BCUT2D eigenvalue weighted by Gasteiger charge is -2.22. The molecule has 1 aliphatic rings. The van der Waals surface area contributed by atoms with E-state index in [1.165, 1.54) is 0 Å². The van der Waals surface area contributed by atoms with Crippen LogP contribution in [-0.4, -0.2) is 34.1 Å². The normalized spacial score (nSPS) is 18.8. The van der Waals surface area contributed by atoms with Gasteiger partial charge in [0.05, 0.1) is 7.11 Å². The smallest absolute Gasteiger partial charge is 0.325 e. The zero-order valence-corrected chi connectivity index (χ0v) is 16.4. The van der Waals surface area contributed by atoms with E-state index in [9.17, 15) is 9.59 Å². The van der Waals surface area contributed by atoms with Crippen LogP contribution in [0.15, 0.2) is 53.1 Å². The number of hydrogen-bond donors (Lipinski definition) is 1.